The fraction of sp³-hybridized carbons (Fsp3) is 0.417. The molecule has 1 saturated heterocycles. The third-order valence-electron chi connectivity index (χ3n) is 3.40. The van der Waals surface area contributed by atoms with Gasteiger partial charge in [-0.1, -0.05) is 12.1 Å². The van der Waals surface area contributed by atoms with Crippen LogP contribution in [-0.4, -0.2) is 19.1 Å². The largest absolute Gasteiger partial charge is 0.380 e. The number of benzene rings is 1. The molecule has 2 aliphatic rings. The number of hydrogen-bond donors (Lipinski definition) is 1. The molecule has 1 fully saturated rings. The van der Waals surface area contributed by atoms with E-state index in [1.54, 1.807) is 0 Å². The first-order valence-electron chi connectivity index (χ1n) is 5.23. The van der Waals surface area contributed by atoms with Crippen molar-refractivity contribution in [3.63, 3.8) is 0 Å². The van der Waals surface area contributed by atoms with Crippen molar-refractivity contribution in [3.8, 4) is 0 Å². The van der Waals surface area contributed by atoms with Crippen LogP contribution < -0.4 is 5.32 Å². The van der Waals surface area contributed by atoms with E-state index in [1.807, 2.05) is 13.0 Å². The molecule has 0 bridgehead atoms. The lowest BCUT2D eigenvalue weighted by molar-refractivity contribution is -0.120. The van der Waals surface area contributed by atoms with Gasteiger partial charge in [-0.2, -0.15) is 0 Å². The molecule has 3 nitrogen and oxygen atoms in total. The molecular formula is C12H13NO2. The number of aryl methyl sites for hydroxylation is 1. The molecule has 1 spiro atoms. The van der Waals surface area contributed by atoms with Crippen LogP contribution in [0.3, 0.4) is 0 Å². The number of carbonyl (C=O) groups excluding carboxylic acids is 1. The predicted octanol–water partition coefficient (Wildman–Crippen LogP) is 1.61. The quantitative estimate of drug-likeness (QED) is 0.695. The molecule has 2 aliphatic heterocycles. The van der Waals surface area contributed by atoms with Crippen LogP contribution in [0.5, 0.6) is 0 Å². The first-order valence-corrected chi connectivity index (χ1v) is 5.23. The van der Waals surface area contributed by atoms with Gasteiger partial charge in [0.15, 0.2) is 0 Å². The molecule has 1 N–H and O–H groups in total. The highest BCUT2D eigenvalue weighted by Gasteiger charge is 2.49. The summed E-state index contributed by atoms with van der Waals surface area (Å²) < 4.78 is 5.38. The van der Waals surface area contributed by atoms with Crippen LogP contribution >= 0.6 is 0 Å². The zero-order valence-corrected chi connectivity index (χ0v) is 8.67. The first-order chi connectivity index (χ1) is 7.22. The summed E-state index contributed by atoms with van der Waals surface area (Å²) >= 11 is 0. The third-order valence-corrected chi connectivity index (χ3v) is 3.40. The fourth-order valence-electron chi connectivity index (χ4n) is 2.50. The van der Waals surface area contributed by atoms with Gasteiger partial charge in [-0.15, -0.1) is 0 Å². The van der Waals surface area contributed by atoms with Crippen molar-refractivity contribution in [1.82, 2.24) is 0 Å². The maximum absolute atomic E-state index is 12.0. The lowest BCUT2D eigenvalue weighted by atomic mass is 9.81. The van der Waals surface area contributed by atoms with Gasteiger partial charge in [0, 0.05) is 12.3 Å². The zero-order valence-electron chi connectivity index (χ0n) is 8.67. The second-order valence-corrected chi connectivity index (χ2v) is 4.39. The average Bonchev–Trinajstić information content (AvgIpc) is 2.76. The van der Waals surface area contributed by atoms with Crippen LogP contribution in [0, 0.1) is 6.92 Å². The van der Waals surface area contributed by atoms with E-state index in [9.17, 15) is 4.79 Å². The Bertz CT molecular complexity index is 433. The number of fused-ring (bicyclic) bond motifs is 2. The molecule has 0 aliphatic carbocycles. The molecule has 1 unspecified atom stereocenters. The topological polar surface area (TPSA) is 38.3 Å². The number of rotatable bonds is 0. The van der Waals surface area contributed by atoms with Crippen molar-refractivity contribution in [2.24, 2.45) is 0 Å². The van der Waals surface area contributed by atoms with Gasteiger partial charge in [-0.3, -0.25) is 4.79 Å². The molecule has 3 rings (SSSR count). The highest BCUT2D eigenvalue weighted by molar-refractivity contribution is 6.06. The van der Waals surface area contributed by atoms with Gasteiger partial charge in [0.05, 0.1) is 6.61 Å². The van der Waals surface area contributed by atoms with E-state index in [0.29, 0.717) is 13.2 Å². The number of carbonyl (C=O) groups is 1. The summed E-state index contributed by atoms with van der Waals surface area (Å²) in [6.45, 7) is 3.23. The monoisotopic (exact) mass is 203 g/mol. The van der Waals surface area contributed by atoms with Crippen LogP contribution in [-0.2, 0) is 14.9 Å². The minimum Gasteiger partial charge on any atom is -0.380 e. The highest BCUT2D eigenvalue weighted by Crippen LogP contribution is 2.43. The molecule has 2 heterocycles. The summed E-state index contributed by atoms with van der Waals surface area (Å²) in [6, 6.07) is 6.14. The number of anilines is 1. The van der Waals surface area contributed by atoms with Crippen molar-refractivity contribution in [3.05, 3.63) is 29.3 Å². The number of ether oxygens (including phenoxy) is 1. The number of hydrogen-bond acceptors (Lipinski definition) is 2. The Hall–Kier alpha value is -1.35. The third kappa shape index (κ3) is 1.07. The normalized spacial score (nSPS) is 28.2. The summed E-state index contributed by atoms with van der Waals surface area (Å²) in [4.78, 5) is 12.0. The van der Waals surface area contributed by atoms with E-state index >= 15 is 0 Å². The van der Waals surface area contributed by atoms with E-state index in [2.05, 4.69) is 17.4 Å². The fourth-order valence-corrected chi connectivity index (χ4v) is 2.50. The minimum atomic E-state index is -0.400. The Kier molecular flexibility index (Phi) is 1.68. The van der Waals surface area contributed by atoms with Crippen molar-refractivity contribution >= 4 is 11.6 Å². The molecule has 0 saturated carbocycles. The maximum Gasteiger partial charge on any atom is 0.237 e. The molecule has 78 valence electrons. The lowest BCUT2D eigenvalue weighted by Gasteiger charge is -2.18. The van der Waals surface area contributed by atoms with E-state index in [1.165, 1.54) is 5.56 Å². The standard InChI is InChI=1S/C12H13NO2/c1-8-2-3-9-10(6-8)13-11(14)12(9)4-5-15-7-12/h2-3,6H,4-5,7H2,1H3,(H,13,14). The highest BCUT2D eigenvalue weighted by atomic mass is 16.5. The summed E-state index contributed by atoms with van der Waals surface area (Å²) in [5.74, 6) is 0.0978. The first kappa shape index (κ1) is 8.92. The van der Waals surface area contributed by atoms with Gasteiger partial charge < -0.3 is 10.1 Å². The van der Waals surface area contributed by atoms with E-state index in [4.69, 9.17) is 4.74 Å². The summed E-state index contributed by atoms with van der Waals surface area (Å²) in [7, 11) is 0. The Morgan fingerprint density at radius 2 is 2.33 bits per heavy atom. The zero-order chi connectivity index (χ0) is 10.5. The van der Waals surface area contributed by atoms with Crippen LogP contribution in [0.1, 0.15) is 17.5 Å². The van der Waals surface area contributed by atoms with Crippen LogP contribution in [0.25, 0.3) is 0 Å². The predicted molar refractivity (Wildman–Crippen MR) is 56.9 cm³/mol. The SMILES string of the molecule is Cc1ccc2c(c1)NC(=O)C21CCOC1. The molecule has 1 atom stereocenters. The van der Waals surface area contributed by atoms with Crippen molar-refractivity contribution in [1.29, 1.82) is 0 Å². The number of nitrogens with one attached hydrogen (secondary N) is 1. The van der Waals surface area contributed by atoms with Crippen LogP contribution in [0.4, 0.5) is 5.69 Å². The second-order valence-electron chi connectivity index (χ2n) is 4.39. The molecule has 1 aromatic rings. The van der Waals surface area contributed by atoms with Gasteiger partial charge in [0.1, 0.15) is 5.41 Å². The second kappa shape index (κ2) is 2.83. The van der Waals surface area contributed by atoms with Gasteiger partial charge in [-0.05, 0) is 30.5 Å². The molecule has 0 aromatic heterocycles. The molecule has 1 amide bonds. The van der Waals surface area contributed by atoms with Crippen molar-refractivity contribution in [2.75, 3.05) is 18.5 Å². The summed E-state index contributed by atoms with van der Waals surface area (Å²) in [5.41, 5.74) is 2.84. The maximum atomic E-state index is 12.0. The van der Waals surface area contributed by atoms with Crippen LogP contribution in [0.15, 0.2) is 18.2 Å². The van der Waals surface area contributed by atoms with Crippen LogP contribution in [0.2, 0.25) is 0 Å². The van der Waals surface area contributed by atoms with Gasteiger partial charge >= 0.3 is 0 Å². The number of amides is 1. The lowest BCUT2D eigenvalue weighted by Crippen LogP contribution is -2.34. The molecule has 3 heteroatoms. The average molecular weight is 203 g/mol. The van der Waals surface area contributed by atoms with Crippen molar-refractivity contribution in [2.45, 2.75) is 18.8 Å². The Morgan fingerprint density at radius 3 is 3.07 bits per heavy atom. The Morgan fingerprint density at radius 1 is 1.47 bits per heavy atom. The van der Waals surface area contributed by atoms with Gasteiger partial charge in [-0.25, -0.2) is 0 Å². The molecular weight excluding hydrogens is 190 g/mol. The molecule has 0 radical (unpaired) electrons. The summed E-state index contributed by atoms with van der Waals surface area (Å²) in [5, 5.41) is 2.95. The smallest absolute Gasteiger partial charge is 0.237 e. The Labute approximate surface area is 88.4 Å². The molecule has 1 aromatic carbocycles. The summed E-state index contributed by atoms with van der Waals surface area (Å²) in [6.07, 6.45) is 0.800. The van der Waals surface area contributed by atoms with E-state index in [0.717, 1.165) is 17.7 Å². The minimum absolute atomic E-state index is 0.0978. The van der Waals surface area contributed by atoms with E-state index < -0.39 is 5.41 Å². The molecule has 15 heavy (non-hydrogen) atoms. The van der Waals surface area contributed by atoms with E-state index in [-0.39, 0.29) is 5.91 Å². The Balaban J connectivity index is 2.17. The van der Waals surface area contributed by atoms with Gasteiger partial charge in [0.2, 0.25) is 5.91 Å². The van der Waals surface area contributed by atoms with Gasteiger partial charge in [0.25, 0.3) is 0 Å². The van der Waals surface area contributed by atoms with Crippen molar-refractivity contribution < 1.29 is 9.53 Å².